The minimum Gasteiger partial charge on any atom is -0.494 e. The molecule has 0 aliphatic heterocycles. The number of benzene rings is 1. The zero-order chi connectivity index (χ0) is 25.3. The van der Waals surface area contributed by atoms with Crippen molar-refractivity contribution >= 4 is 36.9 Å². The smallest absolute Gasteiger partial charge is 0.469 e. The van der Waals surface area contributed by atoms with Gasteiger partial charge in [0.05, 0.1) is 19.8 Å². The van der Waals surface area contributed by atoms with E-state index in [1.807, 2.05) is 6.92 Å². The third-order valence-corrected chi connectivity index (χ3v) is 6.19. The zero-order valence-corrected chi connectivity index (χ0v) is 20.7. The highest BCUT2D eigenvalue weighted by Gasteiger charge is 2.20. The average molecular weight is 511 g/mol. The molecule has 0 radical (unpaired) electrons. The lowest BCUT2D eigenvalue weighted by atomic mass is 10.2. The van der Waals surface area contributed by atoms with E-state index in [-0.39, 0.29) is 30.5 Å². The minimum absolute atomic E-state index is 0.0251. The van der Waals surface area contributed by atoms with E-state index in [1.54, 1.807) is 38.1 Å². The lowest BCUT2D eigenvalue weighted by Crippen LogP contribution is -2.22. The Hall–Kier alpha value is -2.76. The molecule has 2 rings (SSSR count). The summed E-state index contributed by atoms with van der Waals surface area (Å²) in [6, 6.07) is 6.63. The first kappa shape index (κ1) is 27.5. The number of phosphoric acid groups is 1. The number of nitrogens with two attached hydrogens (primary N) is 1. The van der Waals surface area contributed by atoms with Gasteiger partial charge in [-0.25, -0.2) is 14.5 Å². The molecule has 0 bridgehead atoms. The standard InChI is InChI=1S/C21H27N4O7PS/c1-4-31-18-7-5-6-16(10-18)21(27)34-19(8-9-32-33(28,29)30)14(2)25(13-26)12-17-11-23-15(3)24-20(17)22/h5-7,10-11,13H,4,8-9,12H2,1-3H3,(H2,22,23,24)(H2,28,29,30). The van der Waals surface area contributed by atoms with Crippen LogP contribution in [0.3, 0.4) is 0 Å². The van der Waals surface area contributed by atoms with Crippen LogP contribution < -0.4 is 10.5 Å². The van der Waals surface area contributed by atoms with E-state index in [0.29, 0.717) is 46.3 Å². The van der Waals surface area contributed by atoms with Crippen LogP contribution in [-0.4, -0.2) is 49.4 Å². The molecular formula is C21H27N4O7PS. The number of thioether (sulfide) groups is 1. The number of allylic oxidation sites excluding steroid dienone is 1. The highest BCUT2D eigenvalue weighted by atomic mass is 32.2. The van der Waals surface area contributed by atoms with Gasteiger partial charge in [-0.1, -0.05) is 12.1 Å². The molecule has 0 aliphatic rings. The number of ether oxygens (including phenoxy) is 1. The van der Waals surface area contributed by atoms with E-state index in [2.05, 4.69) is 14.5 Å². The molecule has 2 aromatic rings. The predicted molar refractivity (Wildman–Crippen MR) is 128 cm³/mol. The number of nitrogen functional groups attached to an aromatic ring is 1. The SMILES string of the molecule is CCOc1cccc(C(=O)SC(CCOP(=O)(O)O)=C(C)N(C=O)Cc2cnc(C)nc2N)c1. The lowest BCUT2D eigenvalue weighted by molar-refractivity contribution is -0.116. The monoisotopic (exact) mass is 510 g/mol. The van der Waals surface area contributed by atoms with Crippen LogP contribution in [0.1, 0.15) is 42.0 Å². The van der Waals surface area contributed by atoms with Gasteiger partial charge in [0.2, 0.25) is 11.5 Å². The Balaban J connectivity index is 2.33. The Kier molecular flexibility index (Phi) is 10.2. The summed E-state index contributed by atoms with van der Waals surface area (Å²) in [4.78, 5) is 52.7. The summed E-state index contributed by atoms with van der Waals surface area (Å²) >= 11 is 0.833. The minimum atomic E-state index is -4.70. The summed E-state index contributed by atoms with van der Waals surface area (Å²) in [6.45, 7) is 5.24. The topological polar surface area (TPSA) is 165 Å². The number of anilines is 1. The van der Waals surface area contributed by atoms with Gasteiger partial charge in [0, 0.05) is 34.3 Å². The normalized spacial score (nSPS) is 12.1. The Morgan fingerprint density at radius 3 is 2.71 bits per heavy atom. The van der Waals surface area contributed by atoms with Crippen molar-refractivity contribution in [1.29, 1.82) is 0 Å². The lowest BCUT2D eigenvalue weighted by Gasteiger charge is -2.22. The molecule has 0 spiro atoms. The molecular weight excluding hydrogens is 483 g/mol. The second kappa shape index (κ2) is 12.6. The van der Waals surface area contributed by atoms with Crippen LogP contribution in [0.25, 0.3) is 0 Å². The zero-order valence-electron chi connectivity index (χ0n) is 19.0. The first-order valence-electron chi connectivity index (χ1n) is 10.2. The van der Waals surface area contributed by atoms with Crippen LogP contribution in [-0.2, 0) is 20.4 Å². The van der Waals surface area contributed by atoms with Gasteiger partial charge in [-0.3, -0.25) is 14.1 Å². The van der Waals surface area contributed by atoms with Gasteiger partial charge < -0.3 is 25.2 Å². The van der Waals surface area contributed by atoms with E-state index in [1.165, 1.54) is 11.1 Å². The molecule has 4 N–H and O–H groups in total. The number of rotatable bonds is 12. The third kappa shape index (κ3) is 8.54. The van der Waals surface area contributed by atoms with Gasteiger partial charge in [0.25, 0.3) is 0 Å². The van der Waals surface area contributed by atoms with E-state index >= 15 is 0 Å². The van der Waals surface area contributed by atoms with Crippen LogP contribution in [0.5, 0.6) is 5.75 Å². The van der Waals surface area contributed by atoms with E-state index in [0.717, 1.165) is 11.8 Å². The van der Waals surface area contributed by atoms with Gasteiger partial charge in [-0.05, 0) is 44.7 Å². The maximum Gasteiger partial charge on any atom is 0.469 e. The number of amides is 1. The van der Waals surface area contributed by atoms with Gasteiger partial charge in [0.15, 0.2) is 0 Å². The summed E-state index contributed by atoms with van der Waals surface area (Å²) in [6.07, 6.45) is 2.05. The van der Waals surface area contributed by atoms with Crippen LogP contribution in [0, 0.1) is 6.92 Å². The van der Waals surface area contributed by atoms with Gasteiger partial charge in [-0.15, -0.1) is 0 Å². The molecule has 1 amide bonds. The fourth-order valence-corrected chi connectivity index (χ4v) is 4.07. The number of hydrogen-bond donors (Lipinski definition) is 3. The number of carbonyl (C=O) groups is 2. The molecule has 1 aromatic heterocycles. The molecule has 184 valence electrons. The van der Waals surface area contributed by atoms with Crippen LogP contribution >= 0.6 is 19.6 Å². The number of aryl methyl sites for hydroxylation is 1. The molecule has 11 nitrogen and oxygen atoms in total. The van der Waals surface area contributed by atoms with Crippen molar-refractivity contribution in [1.82, 2.24) is 14.9 Å². The summed E-state index contributed by atoms with van der Waals surface area (Å²) in [7, 11) is -4.70. The first-order chi connectivity index (χ1) is 16.0. The summed E-state index contributed by atoms with van der Waals surface area (Å²) in [5.74, 6) is 1.23. The van der Waals surface area contributed by atoms with Crippen molar-refractivity contribution in [2.45, 2.75) is 33.7 Å². The maximum atomic E-state index is 13.0. The Morgan fingerprint density at radius 2 is 2.09 bits per heavy atom. The van der Waals surface area contributed by atoms with Crippen molar-refractivity contribution in [3.8, 4) is 5.75 Å². The fraction of sp³-hybridized carbons (Fsp3) is 0.333. The fourth-order valence-electron chi connectivity index (χ4n) is 2.83. The van der Waals surface area contributed by atoms with Crippen LogP contribution in [0.4, 0.5) is 5.82 Å². The number of phosphoric ester groups is 1. The van der Waals surface area contributed by atoms with Crippen molar-refractivity contribution in [3.05, 3.63) is 58.0 Å². The summed E-state index contributed by atoms with van der Waals surface area (Å²) in [5, 5.41) is -0.337. The summed E-state index contributed by atoms with van der Waals surface area (Å²) < 4.78 is 21.1. The van der Waals surface area contributed by atoms with Crippen LogP contribution in [0.2, 0.25) is 0 Å². The number of nitrogens with zero attached hydrogens (tertiary/aromatic N) is 3. The molecule has 0 fully saturated rings. The highest BCUT2D eigenvalue weighted by molar-refractivity contribution is 8.17. The molecule has 1 heterocycles. The van der Waals surface area contributed by atoms with Gasteiger partial charge >= 0.3 is 7.82 Å². The van der Waals surface area contributed by atoms with Crippen LogP contribution in [0.15, 0.2) is 41.1 Å². The van der Waals surface area contributed by atoms with Gasteiger partial charge in [-0.2, -0.15) is 0 Å². The molecule has 1 aromatic carbocycles. The van der Waals surface area contributed by atoms with E-state index in [9.17, 15) is 14.2 Å². The third-order valence-electron chi connectivity index (χ3n) is 4.51. The molecule has 0 saturated carbocycles. The second-order valence-electron chi connectivity index (χ2n) is 6.99. The Bertz CT molecular complexity index is 1110. The Labute approximate surface area is 201 Å². The number of carbonyl (C=O) groups excluding carboxylic acids is 2. The van der Waals surface area contributed by atoms with Gasteiger partial charge in [0.1, 0.15) is 17.4 Å². The quantitative estimate of drug-likeness (QED) is 0.284. The maximum absolute atomic E-state index is 13.0. The van der Waals surface area contributed by atoms with E-state index in [4.69, 9.17) is 20.3 Å². The number of aromatic nitrogens is 2. The largest absolute Gasteiger partial charge is 0.494 e. The predicted octanol–water partition coefficient (Wildman–Crippen LogP) is 3.03. The van der Waals surface area contributed by atoms with E-state index < -0.39 is 7.82 Å². The molecule has 0 atom stereocenters. The first-order valence-corrected chi connectivity index (χ1v) is 12.5. The Morgan fingerprint density at radius 1 is 1.35 bits per heavy atom. The van der Waals surface area contributed by atoms with Crippen molar-refractivity contribution in [2.24, 2.45) is 0 Å². The van der Waals surface area contributed by atoms with Crippen molar-refractivity contribution < 1.29 is 33.2 Å². The highest BCUT2D eigenvalue weighted by Crippen LogP contribution is 2.37. The number of hydrogen-bond acceptors (Lipinski definition) is 9. The molecule has 0 saturated heterocycles. The van der Waals surface area contributed by atoms with Crippen molar-refractivity contribution in [3.63, 3.8) is 0 Å². The second-order valence-corrected chi connectivity index (χ2v) is 9.30. The molecule has 0 unspecified atom stereocenters. The molecule has 13 heteroatoms. The summed E-state index contributed by atoms with van der Waals surface area (Å²) in [5.41, 5.74) is 7.20. The van der Waals surface area contributed by atoms with Crippen molar-refractivity contribution in [2.75, 3.05) is 18.9 Å². The average Bonchev–Trinajstić information content (AvgIpc) is 2.77. The molecule has 0 aliphatic carbocycles. The molecule has 34 heavy (non-hydrogen) atoms.